The molecule has 6 nitrogen and oxygen atoms in total. The van der Waals surface area contributed by atoms with E-state index in [-0.39, 0.29) is 29.6 Å². The Morgan fingerprint density at radius 2 is 1.79 bits per heavy atom. The monoisotopic (exact) mass is 326 g/mol. The Balaban J connectivity index is 2.04. The fraction of sp³-hybridized carbons (Fsp3) is 0.222. The van der Waals surface area contributed by atoms with Gasteiger partial charge >= 0.3 is 11.9 Å². The Morgan fingerprint density at radius 3 is 2.46 bits per heavy atom. The number of hydrogen-bond donors (Lipinski definition) is 1. The average Bonchev–Trinajstić information content (AvgIpc) is 2.55. The third kappa shape index (κ3) is 5.01. The zero-order valence-corrected chi connectivity index (χ0v) is 13.5. The van der Waals surface area contributed by atoms with Gasteiger partial charge in [0.25, 0.3) is 5.91 Å². The van der Waals surface area contributed by atoms with Crippen molar-refractivity contribution in [2.75, 3.05) is 5.32 Å². The van der Waals surface area contributed by atoms with Crippen molar-refractivity contribution in [3.05, 3.63) is 59.8 Å². The van der Waals surface area contributed by atoms with Crippen molar-refractivity contribution in [1.29, 1.82) is 0 Å². The van der Waals surface area contributed by atoms with Crippen LogP contribution in [0.25, 0.3) is 0 Å². The van der Waals surface area contributed by atoms with Crippen LogP contribution in [0.4, 0.5) is 5.82 Å². The van der Waals surface area contributed by atoms with Gasteiger partial charge in [0.1, 0.15) is 5.82 Å². The molecule has 124 valence electrons. The second-order valence-corrected chi connectivity index (χ2v) is 5.61. The number of benzene rings is 1. The summed E-state index contributed by atoms with van der Waals surface area (Å²) in [6.07, 6.45) is 1.53. The van der Waals surface area contributed by atoms with E-state index in [4.69, 9.17) is 4.74 Å². The molecule has 2 aromatic rings. The van der Waals surface area contributed by atoms with Crippen LogP contribution in [-0.4, -0.2) is 22.8 Å². The van der Waals surface area contributed by atoms with Crippen LogP contribution in [0, 0.1) is 5.92 Å². The number of anilines is 1. The summed E-state index contributed by atoms with van der Waals surface area (Å²) >= 11 is 0. The van der Waals surface area contributed by atoms with Gasteiger partial charge in [0, 0.05) is 18.2 Å². The first kappa shape index (κ1) is 17.3. The topological polar surface area (TPSA) is 85.4 Å². The van der Waals surface area contributed by atoms with E-state index in [9.17, 15) is 14.4 Å². The number of carbonyl (C=O) groups excluding carboxylic acids is 3. The number of carbonyl (C=O) groups is 3. The summed E-state index contributed by atoms with van der Waals surface area (Å²) in [6.45, 7) is 3.71. The first-order chi connectivity index (χ1) is 11.5. The van der Waals surface area contributed by atoms with Crippen molar-refractivity contribution in [2.45, 2.75) is 20.3 Å². The molecule has 0 aliphatic heterocycles. The van der Waals surface area contributed by atoms with E-state index in [0.29, 0.717) is 5.56 Å². The standard InChI is InChI=1S/C18H18N2O4/c1-12(2)10-16(21)24-18(23)14-8-9-19-15(11-14)20-17(22)13-6-4-3-5-7-13/h3-9,11-12H,10H2,1-2H3,(H,19,20,22). The number of amides is 1. The Morgan fingerprint density at radius 1 is 1.08 bits per heavy atom. The van der Waals surface area contributed by atoms with E-state index < -0.39 is 11.9 Å². The number of nitrogens with zero attached hydrogens (tertiary/aromatic N) is 1. The summed E-state index contributed by atoms with van der Waals surface area (Å²) in [6, 6.07) is 11.4. The van der Waals surface area contributed by atoms with Crippen molar-refractivity contribution < 1.29 is 19.1 Å². The molecule has 1 N–H and O–H groups in total. The van der Waals surface area contributed by atoms with Crippen LogP contribution in [0.3, 0.4) is 0 Å². The SMILES string of the molecule is CC(C)CC(=O)OC(=O)c1ccnc(NC(=O)c2ccccc2)c1. The first-order valence-electron chi connectivity index (χ1n) is 7.53. The van der Waals surface area contributed by atoms with Gasteiger partial charge in [-0.2, -0.15) is 0 Å². The van der Waals surface area contributed by atoms with E-state index in [2.05, 4.69) is 10.3 Å². The zero-order chi connectivity index (χ0) is 17.5. The van der Waals surface area contributed by atoms with Crippen LogP contribution in [-0.2, 0) is 9.53 Å². The molecular weight excluding hydrogens is 308 g/mol. The molecule has 0 atom stereocenters. The highest BCUT2D eigenvalue weighted by Gasteiger charge is 2.15. The molecule has 0 saturated heterocycles. The number of hydrogen-bond acceptors (Lipinski definition) is 5. The number of aromatic nitrogens is 1. The smallest absolute Gasteiger partial charge is 0.345 e. The summed E-state index contributed by atoms with van der Waals surface area (Å²) < 4.78 is 4.77. The van der Waals surface area contributed by atoms with E-state index in [1.165, 1.54) is 18.3 Å². The molecule has 0 bridgehead atoms. The molecule has 1 heterocycles. The predicted molar refractivity (Wildman–Crippen MR) is 88.5 cm³/mol. The van der Waals surface area contributed by atoms with E-state index >= 15 is 0 Å². The van der Waals surface area contributed by atoms with Crippen LogP contribution in [0.15, 0.2) is 48.7 Å². The number of pyridine rings is 1. The third-order valence-corrected chi connectivity index (χ3v) is 3.05. The Kier molecular flexibility index (Phi) is 5.78. The van der Waals surface area contributed by atoms with E-state index in [1.54, 1.807) is 30.3 Å². The van der Waals surface area contributed by atoms with Gasteiger partial charge in [0.15, 0.2) is 0 Å². The lowest BCUT2D eigenvalue weighted by molar-refractivity contribution is -0.138. The number of nitrogens with one attached hydrogen (secondary N) is 1. The van der Waals surface area contributed by atoms with Gasteiger partial charge < -0.3 is 10.1 Å². The van der Waals surface area contributed by atoms with Gasteiger partial charge in [-0.3, -0.25) is 9.59 Å². The summed E-state index contributed by atoms with van der Waals surface area (Å²) in [7, 11) is 0. The summed E-state index contributed by atoms with van der Waals surface area (Å²) in [5.41, 5.74) is 0.616. The van der Waals surface area contributed by atoms with E-state index in [1.807, 2.05) is 13.8 Å². The van der Waals surface area contributed by atoms with Gasteiger partial charge in [-0.25, -0.2) is 9.78 Å². The molecular formula is C18H18N2O4. The first-order valence-corrected chi connectivity index (χ1v) is 7.53. The molecule has 2 rings (SSSR count). The van der Waals surface area contributed by atoms with Gasteiger partial charge in [-0.1, -0.05) is 32.0 Å². The quantitative estimate of drug-likeness (QED) is 0.674. The lowest BCUT2D eigenvalue weighted by atomic mass is 10.1. The van der Waals surface area contributed by atoms with Gasteiger partial charge in [-0.05, 0) is 30.2 Å². The summed E-state index contributed by atoms with van der Waals surface area (Å²) in [5, 5.41) is 2.60. The Labute approximate surface area is 139 Å². The highest BCUT2D eigenvalue weighted by molar-refractivity contribution is 6.04. The maximum Gasteiger partial charge on any atom is 0.345 e. The van der Waals surface area contributed by atoms with Crippen molar-refractivity contribution in [2.24, 2.45) is 5.92 Å². The minimum absolute atomic E-state index is 0.100. The Hall–Kier alpha value is -3.02. The van der Waals surface area contributed by atoms with Crippen LogP contribution >= 0.6 is 0 Å². The normalized spacial score (nSPS) is 10.3. The molecule has 0 aliphatic carbocycles. The fourth-order valence-electron chi connectivity index (χ4n) is 1.94. The molecule has 0 radical (unpaired) electrons. The largest absolute Gasteiger partial charge is 0.389 e. The van der Waals surface area contributed by atoms with Crippen LogP contribution < -0.4 is 5.32 Å². The zero-order valence-electron chi connectivity index (χ0n) is 13.5. The van der Waals surface area contributed by atoms with Crippen LogP contribution in [0.2, 0.25) is 0 Å². The molecule has 0 aliphatic rings. The molecule has 1 aromatic carbocycles. The highest BCUT2D eigenvalue weighted by atomic mass is 16.6. The average molecular weight is 326 g/mol. The van der Waals surface area contributed by atoms with Crippen molar-refractivity contribution in [3.8, 4) is 0 Å². The fourth-order valence-corrected chi connectivity index (χ4v) is 1.94. The Bertz CT molecular complexity index is 742. The lowest BCUT2D eigenvalue weighted by Crippen LogP contribution is -2.16. The summed E-state index contributed by atoms with van der Waals surface area (Å²) in [5.74, 6) is -1.39. The lowest BCUT2D eigenvalue weighted by Gasteiger charge is -2.07. The number of ether oxygens (including phenoxy) is 1. The minimum atomic E-state index is -0.765. The molecule has 24 heavy (non-hydrogen) atoms. The molecule has 1 amide bonds. The predicted octanol–water partition coefficient (Wildman–Crippen LogP) is 3.06. The molecule has 0 fully saturated rings. The van der Waals surface area contributed by atoms with Gasteiger partial charge in [0.2, 0.25) is 0 Å². The highest BCUT2D eigenvalue weighted by Crippen LogP contribution is 2.11. The van der Waals surface area contributed by atoms with Gasteiger partial charge in [-0.15, -0.1) is 0 Å². The second-order valence-electron chi connectivity index (χ2n) is 5.61. The number of esters is 2. The second kappa shape index (κ2) is 8.01. The molecule has 0 saturated carbocycles. The molecule has 6 heteroatoms. The summed E-state index contributed by atoms with van der Waals surface area (Å²) in [4.78, 5) is 39.6. The molecule has 0 spiro atoms. The molecule has 1 aromatic heterocycles. The van der Waals surface area contributed by atoms with E-state index in [0.717, 1.165) is 0 Å². The van der Waals surface area contributed by atoms with Crippen molar-refractivity contribution in [1.82, 2.24) is 4.98 Å². The van der Waals surface area contributed by atoms with Gasteiger partial charge in [0.05, 0.1) is 5.56 Å². The third-order valence-electron chi connectivity index (χ3n) is 3.05. The van der Waals surface area contributed by atoms with Crippen molar-refractivity contribution in [3.63, 3.8) is 0 Å². The van der Waals surface area contributed by atoms with Crippen LogP contribution in [0.5, 0.6) is 0 Å². The maximum atomic E-state index is 12.1. The van der Waals surface area contributed by atoms with Crippen LogP contribution in [0.1, 0.15) is 41.0 Å². The number of rotatable bonds is 5. The maximum absolute atomic E-state index is 12.1. The van der Waals surface area contributed by atoms with Crippen molar-refractivity contribution >= 4 is 23.7 Å². The molecule has 0 unspecified atom stereocenters. The minimum Gasteiger partial charge on any atom is -0.389 e.